The molecule has 2 aromatic rings. The highest BCUT2D eigenvalue weighted by Gasteiger charge is 2.11. The van der Waals surface area contributed by atoms with Gasteiger partial charge in [0.05, 0.1) is 5.70 Å². The second-order valence-electron chi connectivity index (χ2n) is 4.78. The van der Waals surface area contributed by atoms with Gasteiger partial charge < -0.3 is 5.43 Å². The minimum absolute atomic E-state index is 0.865. The van der Waals surface area contributed by atoms with Crippen molar-refractivity contribution >= 4 is 11.3 Å². The molecule has 3 N–H and O–H groups in total. The average molecular weight is 265 g/mol. The molecule has 0 saturated carbocycles. The van der Waals surface area contributed by atoms with Crippen LogP contribution in [0.25, 0.3) is 11.3 Å². The van der Waals surface area contributed by atoms with E-state index in [4.69, 9.17) is 5.84 Å². The molecule has 0 spiro atoms. The molecule has 3 nitrogen and oxygen atoms in total. The lowest BCUT2D eigenvalue weighted by Crippen LogP contribution is -2.21. The number of nitrogens with one attached hydrogen (secondary N) is 1. The number of aromatic nitrogens is 1. The SMILES string of the molecule is C=C(C)/C(=C(\NN)c1ccc(C)cc1)c1ccncc1. The van der Waals surface area contributed by atoms with Gasteiger partial charge in [0.2, 0.25) is 0 Å². The number of rotatable bonds is 4. The molecule has 0 atom stereocenters. The Labute approximate surface area is 119 Å². The highest BCUT2D eigenvalue weighted by Crippen LogP contribution is 2.29. The number of aryl methyl sites for hydroxylation is 1. The first kappa shape index (κ1) is 14.0. The molecule has 0 fully saturated rings. The van der Waals surface area contributed by atoms with Crippen LogP contribution in [0.3, 0.4) is 0 Å². The van der Waals surface area contributed by atoms with Crippen molar-refractivity contribution in [1.29, 1.82) is 0 Å². The summed E-state index contributed by atoms with van der Waals surface area (Å²) in [5.41, 5.74) is 8.92. The summed E-state index contributed by atoms with van der Waals surface area (Å²) in [5, 5.41) is 0. The summed E-state index contributed by atoms with van der Waals surface area (Å²) in [6, 6.07) is 12.1. The summed E-state index contributed by atoms with van der Waals surface area (Å²) in [7, 11) is 0. The second kappa shape index (κ2) is 6.17. The van der Waals surface area contributed by atoms with Crippen LogP contribution in [0.15, 0.2) is 60.9 Å². The summed E-state index contributed by atoms with van der Waals surface area (Å²) in [6.45, 7) is 8.10. The third-order valence-corrected chi connectivity index (χ3v) is 3.13. The van der Waals surface area contributed by atoms with Crippen molar-refractivity contribution in [3.8, 4) is 0 Å². The monoisotopic (exact) mass is 265 g/mol. The highest BCUT2D eigenvalue weighted by atomic mass is 15.2. The molecule has 0 bridgehead atoms. The number of pyridine rings is 1. The van der Waals surface area contributed by atoms with Gasteiger partial charge in [-0.3, -0.25) is 10.8 Å². The molecule has 20 heavy (non-hydrogen) atoms. The third kappa shape index (κ3) is 2.95. The van der Waals surface area contributed by atoms with E-state index in [1.54, 1.807) is 12.4 Å². The Balaban J connectivity index is 2.63. The summed E-state index contributed by atoms with van der Waals surface area (Å²) >= 11 is 0. The number of benzene rings is 1. The fourth-order valence-electron chi connectivity index (χ4n) is 2.14. The molecule has 0 saturated heterocycles. The van der Waals surface area contributed by atoms with Gasteiger partial charge in [0.1, 0.15) is 0 Å². The predicted octanol–water partition coefficient (Wildman–Crippen LogP) is 3.30. The Morgan fingerprint density at radius 1 is 1.05 bits per heavy atom. The van der Waals surface area contributed by atoms with Gasteiger partial charge in [0.15, 0.2) is 0 Å². The number of hydrogen-bond acceptors (Lipinski definition) is 3. The largest absolute Gasteiger partial charge is 0.323 e. The maximum atomic E-state index is 5.75. The number of nitrogens with two attached hydrogens (primary N) is 1. The Bertz CT molecular complexity index is 625. The van der Waals surface area contributed by atoms with Gasteiger partial charge in [-0.15, -0.1) is 0 Å². The minimum atomic E-state index is 0.865. The van der Waals surface area contributed by atoms with E-state index in [0.717, 1.165) is 28.0 Å². The quantitative estimate of drug-likeness (QED) is 0.506. The Hall–Kier alpha value is -2.39. The second-order valence-corrected chi connectivity index (χ2v) is 4.78. The minimum Gasteiger partial charge on any atom is -0.323 e. The van der Waals surface area contributed by atoms with Crippen LogP contribution >= 0.6 is 0 Å². The third-order valence-electron chi connectivity index (χ3n) is 3.13. The van der Waals surface area contributed by atoms with Gasteiger partial charge in [0.25, 0.3) is 0 Å². The maximum absolute atomic E-state index is 5.75. The number of hydrogen-bond donors (Lipinski definition) is 2. The van der Waals surface area contributed by atoms with Crippen molar-refractivity contribution in [2.45, 2.75) is 13.8 Å². The predicted molar refractivity (Wildman–Crippen MR) is 84.4 cm³/mol. The van der Waals surface area contributed by atoms with E-state index in [0.29, 0.717) is 0 Å². The van der Waals surface area contributed by atoms with E-state index < -0.39 is 0 Å². The van der Waals surface area contributed by atoms with E-state index in [-0.39, 0.29) is 0 Å². The fraction of sp³-hybridized carbons (Fsp3) is 0.118. The fourth-order valence-corrected chi connectivity index (χ4v) is 2.14. The van der Waals surface area contributed by atoms with Gasteiger partial charge in [0, 0.05) is 18.0 Å². The van der Waals surface area contributed by atoms with E-state index in [1.165, 1.54) is 5.56 Å². The normalized spacial score (nSPS) is 11.8. The molecular formula is C17H19N3. The lowest BCUT2D eigenvalue weighted by atomic mass is 9.95. The highest BCUT2D eigenvalue weighted by molar-refractivity contribution is 5.96. The lowest BCUT2D eigenvalue weighted by Gasteiger charge is -2.16. The zero-order valence-corrected chi connectivity index (χ0v) is 11.9. The smallest absolute Gasteiger partial charge is 0.0638 e. The molecule has 1 aromatic heterocycles. The lowest BCUT2D eigenvalue weighted by molar-refractivity contribution is 0.992. The van der Waals surface area contributed by atoms with Gasteiger partial charge in [-0.25, -0.2) is 0 Å². The molecule has 102 valence electrons. The van der Waals surface area contributed by atoms with Crippen LogP contribution < -0.4 is 11.3 Å². The first-order valence-corrected chi connectivity index (χ1v) is 6.47. The molecule has 3 heteroatoms. The first-order chi connectivity index (χ1) is 9.63. The van der Waals surface area contributed by atoms with Crippen molar-refractivity contribution in [3.63, 3.8) is 0 Å². The van der Waals surface area contributed by atoms with Gasteiger partial charge in [-0.05, 0) is 42.7 Å². The van der Waals surface area contributed by atoms with Crippen LogP contribution in [-0.2, 0) is 0 Å². The molecule has 0 aliphatic heterocycles. The Kier molecular flexibility index (Phi) is 4.33. The molecule has 2 rings (SSSR count). The average Bonchev–Trinajstić information content (AvgIpc) is 2.46. The van der Waals surface area contributed by atoms with Gasteiger partial charge in [-0.2, -0.15) is 0 Å². The van der Waals surface area contributed by atoms with Crippen molar-refractivity contribution in [2.24, 2.45) is 5.84 Å². The Morgan fingerprint density at radius 3 is 2.15 bits per heavy atom. The summed E-state index contributed by atoms with van der Waals surface area (Å²) < 4.78 is 0. The molecule has 0 aliphatic carbocycles. The Morgan fingerprint density at radius 2 is 1.65 bits per heavy atom. The summed E-state index contributed by atoms with van der Waals surface area (Å²) in [5.74, 6) is 5.75. The van der Waals surface area contributed by atoms with Crippen LogP contribution in [-0.4, -0.2) is 4.98 Å². The molecule has 0 amide bonds. The van der Waals surface area contributed by atoms with Gasteiger partial charge >= 0.3 is 0 Å². The zero-order valence-electron chi connectivity index (χ0n) is 11.9. The molecular weight excluding hydrogens is 246 g/mol. The van der Waals surface area contributed by atoms with Gasteiger partial charge in [-0.1, -0.05) is 36.4 Å². The van der Waals surface area contributed by atoms with Crippen molar-refractivity contribution in [1.82, 2.24) is 10.4 Å². The van der Waals surface area contributed by atoms with Crippen LogP contribution in [0.1, 0.15) is 23.6 Å². The first-order valence-electron chi connectivity index (χ1n) is 6.47. The summed E-state index contributed by atoms with van der Waals surface area (Å²) in [4.78, 5) is 4.05. The molecule has 1 aromatic carbocycles. The topological polar surface area (TPSA) is 50.9 Å². The number of hydrazine groups is 1. The molecule has 0 radical (unpaired) electrons. The standard InChI is InChI=1S/C17H19N3/c1-12(2)16(14-8-10-19-11-9-14)17(20-18)15-6-4-13(3)5-7-15/h4-11,20H,1,18H2,2-3H3/b17-16+. The van der Waals surface area contributed by atoms with Crippen LogP contribution in [0.5, 0.6) is 0 Å². The number of nitrogens with zero attached hydrogens (tertiary/aromatic N) is 1. The van der Waals surface area contributed by atoms with E-state index >= 15 is 0 Å². The molecule has 1 heterocycles. The van der Waals surface area contributed by atoms with Crippen molar-refractivity contribution < 1.29 is 0 Å². The van der Waals surface area contributed by atoms with E-state index in [2.05, 4.69) is 48.2 Å². The van der Waals surface area contributed by atoms with Crippen molar-refractivity contribution in [3.05, 3.63) is 77.6 Å². The summed E-state index contributed by atoms with van der Waals surface area (Å²) in [6.07, 6.45) is 3.53. The maximum Gasteiger partial charge on any atom is 0.0638 e. The van der Waals surface area contributed by atoms with Crippen LogP contribution in [0.4, 0.5) is 0 Å². The van der Waals surface area contributed by atoms with E-state index in [1.807, 2.05) is 19.1 Å². The molecule has 0 unspecified atom stereocenters. The van der Waals surface area contributed by atoms with Crippen LogP contribution in [0.2, 0.25) is 0 Å². The number of allylic oxidation sites excluding steroid dienone is 2. The molecule has 0 aliphatic rings. The van der Waals surface area contributed by atoms with E-state index in [9.17, 15) is 0 Å². The zero-order chi connectivity index (χ0) is 14.5. The van der Waals surface area contributed by atoms with Crippen LogP contribution in [0, 0.1) is 6.92 Å². The van der Waals surface area contributed by atoms with Crippen molar-refractivity contribution in [2.75, 3.05) is 0 Å².